The Morgan fingerprint density at radius 2 is 2.33 bits per heavy atom. The summed E-state index contributed by atoms with van der Waals surface area (Å²) in [6.45, 7) is 2.00. The molecule has 0 aliphatic heterocycles. The van der Waals surface area contributed by atoms with Crippen molar-refractivity contribution in [3.05, 3.63) is 29.6 Å². The Kier molecular flexibility index (Phi) is 1.85. The van der Waals surface area contributed by atoms with Gasteiger partial charge in [0.25, 0.3) is 0 Å². The first-order chi connectivity index (χ1) is 5.77. The van der Waals surface area contributed by atoms with Crippen LogP contribution in [0.25, 0.3) is 0 Å². The molecule has 2 nitrogen and oxygen atoms in total. The normalized spacial score (nSPS) is 19.2. The minimum absolute atomic E-state index is 0.242. The van der Waals surface area contributed by atoms with Gasteiger partial charge in [-0.25, -0.2) is 0 Å². The van der Waals surface area contributed by atoms with E-state index >= 15 is 0 Å². The highest BCUT2D eigenvalue weighted by atomic mass is 14.7. The maximum atomic E-state index is 6.04. The molecule has 0 radical (unpaired) electrons. The second-order valence-electron chi connectivity index (χ2n) is 3.59. The third-order valence-corrected chi connectivity index (χ3v) is 2.44. The summed E-state index contributed by atoms with van der Waals surface area (Å²) in [5.74, 6) is 0.729. The SMILES string of the molecule is Cc1cc([C@H](N)C2CC2)ccn1. The zero-order valence-electron chi connectivity index (χ0n) is 7.33. The highest BCUT2D eigenvalue weighted by molar-refractivity contribution is 5.20. The number of aryl methyl sites for hydroxylation is 1. The zero-order valence-corrected chi connectivity index (χ0v) is 7.33. The predicted molar refractivity (Wildman–Crippen MR) is 48.6 cm³/mol. The molecule has 2 N–H and O–H groups in total. The molecule has 1 aliphatic carbocycles. The van der Waals surface area contributed by atoms with Crippen molar-refractivity contribution in [2.24, 2.45) is 11.7 Å². The van der Waals surface area contributed by atoms with Crippen molar-refractivity contribution in [2.45, 2.75) is 25.8 Å². The fraction of sp³-hybridized carbons (Fsp3) is 0.500. The summed E-state index contributed by atoms with van der Waals surface area (Å²) in [5, 5.41) is 0. The van der Waals surface area contributed by atoms with E-state index in [9.17, 15) is 0 Å². The van der Waals surface area contributed by atoms with Gasteiger partial charge >= 0.3 is 0 Å². The number of nitrogens with zero attached hydrogens (tertiary/aromatic N) is 1. The molecule has 1 saturated carbocycles. The molecule has 1 aliphatic rings. The van der Waals surface area contributed by atoms with Crippen LogP contribution in [0.4, 0.5) is 0 Å². The summed E-state index contributed by atoms with van der Waals surface area (Å²) < 4.78 is 0. The second kappa shape index (κ2) is 2.87. The highest BCUT2D eigenvalue weighted by Gasteiger charge is 2.29. The van der Waals surface area contributed by atoms with Crippen LogP contribution in [0.2, 0.25) is 0 Å². The topological polar surface area (TPSA) is 38.9 Å². The molecule has 1 atom stereocenters. The fourth-order valence-electron chi connectivity index (χ4n) is 1.50. The van der Waals surface area contributed by atoms with Gasteiger partial charge < -0.3 is 5.73 Å². The van der Waals surface area contributed by atoms with Gasteiger partial charge in [0.15, 0.2) is 0 Å². The van der Waals surface area contributed by atoms with Crippen LogP contribution >= 0.6 is 0 Å². The lowest BCUT2D eigenvalue weighted by Gasteiger charge is -2.10. The molecule has 1 fully saturated rings. The third kappa shape index (κ3) is 1.48. The summed E-state index contributed by atoms with van der Waals surface area (Å²) in [6.07, 6.45) is 4.43. The van der Waals surface area contributed by atoms with Crippen molar-refractivity contribution in [3.8, 4) is 0 Å². The lowest BCUT2D eigenvalue weighted by molar-refractivity contribution is 0.632. The molecule has 0 amide bonds. The molecule has 2 rings (SSSR count). The quantitative estimate of drug-likeness (QED) is 0.720. The average Bonchev–Trinajstić information content (AvgIpc) is 2.85. The molecule has 0 saturated heterocycles. The average molecular weight is 162 g/mol. The third-order valence-electron chi connectivity index (χ3n) is 2.44. The molecule has 0 aromatic carbocycles. The van der Waals surface area contributed by atoms with Crippen LogP contribution in [0.1, 0.15) is 30.1 Å². The van der Waals surface area contributed by atoms with Crippen molar-refractivity contribution < 1.29 is 0 Å². The number of hydrogen-bond donors (Lipinski definition) is 1. The molecule has 1 heterocycles. The molecule has 0 unspecified atom stereocenters. The first-order valence-electron chi connectivity index (χ1n) is 4.45. The summed E-state index contributed by atoms with van der Waals surface area (Å²) in [6, 6.07) is 4.35. The number of rotatable bonds is 2. The van der Waals surface area contributed by atoms with Crippen molar-refractivity contribution in [1.82, 2.24) is 4.98 Å². The molecular weight excluding hydrogens is 148 g/mol. The molecule has 2 heteroatoms. The molecule has 1 aromatic heterocycles. The van der Waals surface area contributed by atoms with Crippen LogP contribution in [-0.4, -0.2) is 4.98 Å². The second-order valence-corrected chi connectivity index (χ2v) is 3.59. The maximum Gasteiger partial charge on any atom is 0.0375 e. The first kappa shape index (κ1) is 7.74. The molecule has 64 valence electrons. The van der Waals surface area contributed by atoms with E-state index in [1.54, 1.807) is 0 Å². The lowest BCUT2D eigenvalue weighted by atomic mass is 10.0. The van der Waals surface area contributed by atoms with E-state index in [1.165, 1.54) is 18.4 Å². The van der Waals surface area contributed by atoms with Gasteiger partial charge in [-0.3, -0.25) is 4.98 Å². The Bertz CT molecular complexity index is 279. The van der Waals surface area contributed by atoms with Crippen LogP contribution in [0.15, 0.2) is 18.3 Å². The van der Waals surface area contributed by atoms with Gasteiger partial charge in [0, 0.05) is 17.9 Å². The van der Waals surface area contributed by atoms with E-state index in [1.807, 2.05) is 19.2 Å². The predicted octanol–water partition coefficient (Wildman–Crippen LogP) is 1.80. The van der Waals surface area contributed by atoms with E-state index < -0.39 is 0 Å². The Hall–Kier alpha value is -0.890. The number of hydrogen-bond acceptors (Lipinski definition) is 2. The standard InChI is InChI=1S/C10H14N2/c1-7-6-9(4-5-12-7)10(11)8-2-3-8/h4-6,8,10H,2-3,11H2,1H3/t10-/m1/s1. The van der Waals surface area contributed by atoms with Crippen LogP contribution in [0, 0.1) is 12.8 Å². The number of nitrogens with two attached hydrogens (primary N) is 1. The Balaban J connectivity index is 2.20. The summed E-state index contributed by atoms with van der Waals surface area (Å²) >= 11 is 0. The highest BCUT2D eigenvalue weighted by Crippen LogP contribution is 2.39. The van der Waals surface area contributed by atoms with Gasteiger partial charge in [-0.2, -0.15) is 0 Å². The van der Waals surface area contributed by atoms with Crippen LogP contribution in [0.3, 0.4) is 0 Å². The molecular formula is C10H14N2. The van der Waals surface area contributed by atoms with Crippen molar-refractivity contribution >= 4 is 0 Å². The maximum absolute atomic E-state index is 6.04. The van der Waals surface area contributed by atoms with Crippen molar-refractivity contribution in [2.75, 3.05) is 0 Å². The van der Waals surface area contributed by atoms with E-state index in [0.717, 1.165) is 11.6 Å². The van der Waals surface area contributed by atoms with E-state index in [-0.39, 0.29) is 6.04 Å². The molecule has 1 aromatic rings. The van der Waals surface area contributed by atoms with Gasteiger partial charge in [-0.05, 0) is 43.4 Å². The Morgan fingerprint density at radius 3 is 2.92 bits per heavy atom. The lowest BCUT2D eigenvalue weighted by Crippen LogP contribution is -2.12. The molecule has 0 bridgehead atoms. The van der Waals surface area contributed by atoms with Crippen LogP contribution in [-0.2, 0) is 0 Å². The minimum Gasteiger partial charge on any atom is -0.324 e. The van der Waals surface area contributed by atoms with Gasteiger partial charge in [0.1, 0.15) is 0 Å². The van der Waals surface area contributed by atoms with Crippen molar-refractivity contribution in [3.63, 3.8) is 0 Å². The first-order valence-corrected chi connectivity index (χ1v) is 4.45. The molecule has 0 spiro atoms. The Labute approximate surface area is 72.8 Å². The van der Waals surface area contributed by atoms with E-state index in [2.05, 4.69) is 11.1 Å². The van der Waals surface area contributed by atoms with E-state index in [4.69, 9.17) is 5.73 Å². The molecule has 12 heavy (non-hydrogen) atoms. The van der Waals surface area contributed by atoms with Crippen LogP contribution in [0.5, 0.6) is 0 Å². The van der Waals surface area contributed by atoms with Gasteiger partial charge in [0.2, 0.25) is 0 Å². The van der Waals surface area contributed by atoms with Gasteiger partial charge in [0.05, 0.1) is 0 Å². The minimum atomic E-state index is 0.242. The number of pyridine rings is 1. The summed E-state index contributed by atoms with van der Waals surface area (Å²) in [7, 11) is 0. The van der Waals surface area contributed by atoms with Crippen molar-refractivity contribution in [1.29, 1.82) is 0 Å². The smallest absolute Gasteiger partial charge is 0.0375 e. The van der Waals surface area contributed by atoms with E-state index in [0.29, 0.717) is 0 Å². The summed E-state index contributed by atoms with van der Waals surface area (Å²) in [5.41, 5.74) is 8.34. The van der Waals surface area contributed by atoms with Gasteiger partial charge in [-0.1, -0.05) is 0 Å². The van der Waals surface area contributed by atoms with Crippen LogP contribution < -0.4 is 5.73 Å². The zero-order chi connectivity index (χ0) is 8.55. The largest absolute Gasteiger partial charge is 0.324 e. The monoisotopic (exact) mass is 162 g/mol. The Morgan fingerprint density at radius 1 is 1.58 bits per heavy atom. The fourth-order valence-corrected chi connectivity index (χ4v) is 1.50. The number of aromatic nitrogens is 1. The van der Waals surface area contributed by atoms with Gasteiger partial charge in [-0.15, -0.1) is 0 Å². The summed E-state index contributed by atoms with van der Waals surface area (Å²) in [4.78, 5) is 4.15.